The Morgan fingerprint density at radius 3 is 2.68 bits per heavy atom. The van der Waals surface area contributed by atoms with Crippen molar-refractivity contribution in [2.45, 2.75) is 13.1 Å². The standard InChI is InChI=1S/C14H15Cl2N3/c1-19(9-10-3-2-4-11(15)7-10)14-6-5-12(16)13(8-17)18-14/h2-7H,8-9,17H2,1H3. The molecule has 0 aliphatic carbocycles. The van der Waals surface area contributed by atoms with Gasteiger partial charge in [-0.05, 0) is 29.8 Å². The molecule has 0 aliphatic rings. The number of pyridine rings is 1. The van der Waals surface area contributed by atoms with Crippen molar-refractivity contribution in [1.29, 1.82) is 0 Å². The summed E-state index contributed by atoms with van der Waals surface area (Å²) in [5.41, 5.74) is 7.44. The Morgan fingerprint density at radius 1 is 1.21 bits per heavy atom. The van der Waals surface area contributed by atoms with E-state index in [9.17, 15) is 0 Å². The van der Waals surface area contributed by atoms with Crippen LogP contribution in [0.5, 0.6) is 0 Å². The molecule has 0 saturated heterocycles. The van der Waals surface area contributed by atoms with Crippen LogP contribution in [0.2, 0.25) is 10.0 Å². The van der Waals surface area contributed by atoms with Gasteiger partial charge in [0, 0.05) is 25.2 Å². The number of hydrogen-bond donors (Lipinski definition) is 1. The largest absolute Gasteiger partial charge is 0.355 e. The predicted octanol–water partition coefficient (Wildman–Crippen LogP) is 3.48. The molecule has 19 heavy (non-hydrogen) atoms. The molecule has 0 fully saturated rings. The van der Waals surface area contributed by atoms with Crippen LogP contribution in [0.1, 0.15) is 11.3 Å². The molecule has 2 N–H and O–H groups in total. The fourth-order valence-electron chi connectivity index (χ4n) is 1.82. The van der Waals surface area contributed by atoms with Gasteiger partial charge in [-0.3, -0.25) is 0 Å². The van der Waals surface area contributed by atoms with Gasteiger partial charge in [0.15, 0.2) is 0 Å². The van der Waals surface area contributed by atoms with Gasteiger partial charge in [0.1, 0.15) is 5.82 Å². The molecule has 0 radical (unpaired) electrons. The molecule has 0 atom stereocenters. The second-order valence-corrected chi connectivity index (χ2v) is 5.13. The highest BCUT2D eigenvalue weighted by atomic mass is 35.5. The van der Waals surface area contributed by atoms with Crippen LogP contribution in [0.3, 0.4) is 0 Å². The maximum Gasteiger partial charge on any atom is 0.129 e. The molecule has 0 aliphatic heterocycles. The summed E-state index contributed by atoms with van der Waals surface area (Å²) in [5.74, 6) is 0.838. The monoisotopic (exact) mass is 295 g/mol. The Morgan fingerprint density at radius 2 is 2.00 bits per heavy atom. The van der Waals surface area contributed by atoms with Crippen molar-refractivity contribution in [2.24, 2.45) is 5.73 Å². The van der Waals surface area contributed by atoms with E-state index in [0.29, 0.717) is 17.3 Å². The van der Waals surface area contributed by atoms with Gasteiger partial charge in [0.2, 0.25) is 0 Å². The van der Waals surface area contributed by atoms with Crippen molar-refractivity contribution in [1.82, 2.24) is 4.98 Å². The number of nitrogens with two attached hydrogens (primary N) is 1. The zero-order chi connectivity index (χ0) is 13.8. The van der Waals surface area contributed by atoms with Gasteiger partial charge in [0.25, 0.3) is 0 Å². The van der Waals surface area contributed by atoms with Crippen LogP contribution >= 0.6 is 23.2 Å². The smallest absolute Gasteiger partial charge is 0.129 e. The molecule has 2 rings (SSSR count). The molecule has 5 heteroatoms. The summed E-state index contributed by atoms with van der Waals surface area (Å²) >= 11 is 12.0. The summed E-state index contributed by atoms with van der Waals surface area (Å²) in [6, 6.07) is 11.5. The SMILES string of the molecule is CN(Cc1cccc(Cl)c1)c1ccc(Cl)c(CN)n1. The first-order valence-electron chi connectivity index (χ1n) is 5.91. The summed E-state index contributed by atoms with van der Waals surface area (Å²) in [6.07, 6.45) is 0. The van der Waals surface area contributed by atoms with E-state index in [0.717, 1.165) is 22.9 Å². The number of hydrogen-bond acceptors (Lipinski definition) is 3. The summed E-state index contributed by atoms with van der Waals surface area (Å²) in [7, 11) is 1.97. The molecule has 3 nitrogen and oxygen atoms in total. The molecule has 2 aromatic rings. The fourth-order valence-corrected chi connectivity index (χ4v) is 2.21. The Bertz CT molecular complexity index is 572. The topological polar surface area (TPSA) is 42.1 Å². The zero-order valence-corrected chi connectivity index (χ0v) is 12.1. The number of rotatable bonds is 4. The lowest BCUT2D eigenvalue weighted by Crippen LogP contribution is -2.18. The predicted molar refractivity (Wildman–Crippen MR) is 80.7 cm³/mol. The normalized spacial score (nSPS) is 10.5. The number of aromatic nitrogens is 1. The van der Waals surface area contributed by atoms with Crippen LogP contribution < -0.4 is 10.6 Å². The van der Waals surface area contributed by atoms with Crippen molar-refractivity contribution in [2.75, 3.05) is 11.9 Å². The Kier molecular flexibility index (Phi) is 4.64. The van der Waals surface area contributed by atoms with E-state index in [1.807, 2.05) is 48.3 Å². The summed E-state index contributed by atoms with van der Waals surface area (Å²) in [5, 5.41) is 1.33. The molecule has 0 spiro atoms. The number of halogens is 2. The van der Waals surface area contributed by atoms with Crippen LogP contribution in [0, 0.1) is 0 Å². The molecule has 100 valence electrons. The zero-order valence-electron chi connectivity index (χ0n) is 10.6. The van der Waals surface area contributed by atoms with Crippen molar-refractivity contribution in [3.05, 3.63) is 57.7 Å². The average Bonchev–Trinajstić information content (AvgIpc) is 2.39. The third-order valence-corrected chi connectivity index (χ3v) is 3.38. The van der Waals surface area contributed by atoms with Crippen LogP contribution in [0.15, 0.2) is 36.4 Å². The van der Waals surface area contributed by atoms with Gasteiger partial charge in [0.05, 0.1) is 10.7 Å². The minimum atomic E-state index is 0.331. The molecule has 0 unspecified atom stereocenters. The highest BCUT2D eigenvalue weighted by Crippen LogP contribution is 2.20. The van der Waals surface area contributed by atoms with Crippen LogP contribution in [0.25, 0.3) is 0 Å². The summed E-state index contributed by atoms with van der Waals surface area (Å²) < 4.78 is 0. The second-order valence-electron chi connectivity index (χ2n) is 4.29. The molecule has 1 aromatic carbocycles. The van der Waals surface area contributed by atoms with E-state index in [1.165, 1.54) is 0 Å². The lowest BCUT2D eigenvalue weighted by atomic mass is 10.2. The van der Waals surface area contributed by atoms with E-state index in [1.54, 1.807) is 0 Å². The second kappa shape index (κ2) is 6.24. The Hall–Kier alpha value is -1.29. The van der Waals surface area contributed by atoms with E-state index in [2.05, 4.69) is 4.98 Å². The molecule has 0 amide bonds. The Balaban J connectivity index is 2.18. The van der Waals surface area contributed by atoms with Gasteiger partial charge in [-0.1, -0.05) is 35.3 Å². The van der Waals surface area contributed by atoms with E-state index >= 15 is 0 Å². The van der Waals surface area contributed by atoms with Crippen molar-refractivity contribution in [3.8, 4) is 0 Å². The first-order valence-corrected chi connectivity index (χ1v) is 6.67. The van der Waals surface area contributed by atoms with Gasteiger partial charge in [-0.15, -0.1) is 0 Å². The quantitative estimate of drug-likeness (QED) is 0.939. The van der Waals surface area contributed by atoms with Gasteiger partial charge >= 0.3 is 0 Å². The highest BCUT2D eigenvalue weighted by Gasteiger charge is 2.07. The first-order chi connectivity index (χ1) is 9.10. The Labute approximate surface area is 123 Å². The molecular formula is C14H15Cl2N3. The minimum Gasteiger partial charge on any atom is -0.355 e. The van der Waals surface area contributed by atoms with Crippen molar-refractivity contribution < 1.29 is 0 Å². The van der Waals surface area contributed by atoms with Gasteiger partial charge in [-0.25, -0.2) is 4.98 Å². The van der Waals surface area contributed by atoms with E-state index < -0.39 is 0 Å². The van der Waals surface area contributed by atoms with Crippen molar-refractivity contribution >= 4 is 29.0 Å². The highest BCUT2D eigenvalue weighted by molar-refractivity contribution is 6.31. The molecule has 1 aromatic heterocycles. The number of benzene rings is 1. The molecule has 0 bridgehead atoms. The number of nitrogens with zero attached hydrogens (tertiary/aromatic N) is 2. The summed E-state index contributed by atoms with van der Waals surface area (Å²) in [6.45, 7) is 1.05. The van der Waals surface area contributed by atoms with Crippen molar-refractivity contribution in [3.63, 3.8) is 0 Å². The van der Waals surface area contributed by atoms with Gasteiger partial charge < -0.3 is 10.6 Å². The minimum absolute atomic E-state index is 0.331. The van der Waals surface area contributed by atoms with Crippen LogP contribution in [-0.2, 0) is 13.1 Å². The molecular weight excluding hydrogens is 281 g/mol. The third kappa shape index (κ3) is 3.60. The molecule has 0 saturated carbocycles. The number of anilines is 1. The third-order valence-electron chi connectivity index (χ3n) is 2.80. The average molecular weight is 296 g/mol. The van der Waals surface area contributed by atoms with Crippen LogP contribution in [0.4, 0.5) is 5.82 Å². The van der Waals surface area contributed by atoms with Crippen LogP contribution in [-0.4, -0.2) is 12.0 Å². The maximum absolute atomic E-state index is 6.00. The fraction of sp³-hybridized carbons (Fsp3) is 0.214. The van der Waals surface area contributed by atoms with E-state index in [-0.39, 0.29) is 0 Å². The maximum atomic E-state index is 6.00. The van der Waals surface area contributed by atoms with Gasteiger partial charge in [-0.2, -0.15) is 0 Å². The summed E-state index contributed by atoms with van der Waals surface area (Å²) in [4.78, 5) is 6.47. The lowest BCUT2D eigenvalue weighted by molar-refractivity contribution is 0.878. The molecule has 1 heterocycles. The first kappa shape index (κ1) is 14.1. The van der Waals surface area contributed by atoms with E-state index in [4.69, 9.17) is 28.9 Å². The lowest BCUT2D eigenvalue weighted by Gasteiger charge is -2.19.